The van der Waals surface area contributed by atoms with Crippen LogP contribution in [0.25, 0.3) is 0 Å². The summed E-state index contributed by atoms with van der Waals surface area (Å²) in [5.41, 5.74) is 0. The van der Waals surface area contributed by atoms with Crippen LogP contribution in [0.1, 0.15) is 181 Å². The Morgan fingerprint density at radius 3 is 1.24 bits per heavy atom. The first-order valence-electron chi connectivity index (χ1n) is 27.3. The van der Waals surface area contributed by atoms with Gasteiger partial charge in [-0.05, 0) is 109 Å². The second kappa shape index (κ2) is 50.3. The number of aliphatic hydroxyl groups is 4. The lowest BCUT2D eigenvalue weighted by molar-refractivity contribution is -0.305. The highest BCUT2D eigenvalue weighted by molar-refractivity contribution is 5.69. The fourth-order valence-electron chi connectivity index (χ4n) is 7.40. The SMILES string of the molecule is CC/C=C\C/C=C\C/C=C\C/C=C\C/C=C\C/C=C\CCCCCCCOCC(COC1OC(CO)C(O)C(O)C1O)OC(=O)CCCCCCCCC/C=C\C/C=C\C/C=C\C/C=C\C/C=C\CC. The summed E-state index contributed by atoms with van der Waals surface area (Å²) >= 11 is 0. The highest BCUT2D eigenvalue weighted by Crippen LogP contribution is 2.22. The molecule has 0 aromatic rings. The molecule has 0 aromatic heterocycles. The molecule has 0 aromatic carbocycles. The first kappa shape index (κ1) is 64.3. The van der Waals surface area contributed by atoms with E-state index in [4.69, 9.17) is 18.9 Å². The first-order valence-corrected chi connectivity index (χ1v) is 27.3. The zero-order chi connectivity index (χ0) is 50.6. The van der Waals surface area contributed by atoms with Gasteiger partial charge in [-0.15, -0.1) is 0 Å². The van der Waals surface area contributed by atoms with Crippen LogP contribution in [0.4, 0.5) is 0 Å². The first-order chi connectivity index (χ1) is 34.4. The Balaban J connectivity index is 2.24. The van der Waals surface area contributed by atoms with Crippen molar-refractivity contribution >= 4 is 5.97 Å². The molecule has 0 amide bonds. The molecule has 1 saturated heterocycles. The van der Waals surface area contributed by atoms with E-state index in [1.54, 1.807) is 0 Å². The fourth-order valence-corrected chi connectivity index (χ4v) is 7.40. The topological polar surface area (TPSA) is 135 Å². The number of carbonyl (C=O) groups is 1. The van der Waals surface area contributed by atoms with Crippen LogP contribution in [0.3, 0.4) is 0 Å². The lowest BCUT2D eigenvalue weighted by Crippen LogP contribution is -2.59. The zero-order valence-corrected chi connectivity index (χ0v) is 43.7. The molecule has 1 heterocycles. The Morgan fingerprint density at radius 1 is 0.457 bits per heavy atom. The van der Waals surface area contributed by atoms with E-state index in [1.807, 2.05) is 0 Å². The summed E-state index contributed by atoms with van der Waals surface area (Å²) in [6.45, 7) is 4.25. The summed E-state index contributed by atoms with van der Waals surface area (Å²) in [7, 11) is 0. The number of carbonyl (C=O) groups excluding carboxylic acids is 1. The summed E-state index contributed by atoms with van der Waals surface area (Å²) in [6, 6.07) is 0. The number of hydrogen-bond acceptors (Lipinski definition) is 9. The van der Waals surface area contributed by atoms with Crippen LogP contribution >= 0.6 is 0 Å². The maximum Gasteiger partial charge on any atom is 0.306 e. The molecule has 1 aliphatic rings. The molecule has 396 valence electrons. The predicted octanol–water partition coefficient (Wildman–Crippen LogP) is 14.0. The molecule has 0 saturated carbocycles. The number of aliphatic hydroxyl groups excluding tert-OH is 4. The van der Waals surface area contributed by atoms with E-state index in [0.29, 0.717) is 13.0 Å². The Morgan fingerprint density at radius 2 is 0.829 bits per heavy atom. The van der Waals surface area contributed by atoms with Gasteiger partial charge in [-0.2, -0.15) is 0 Å². The summed E-state index contributed by atoms with van der Waals surface area (Å²) < 4.78 is 22.9. The molecular formula is C61H98O9. The summed E-state index contributed by atoms with van der Waals surface area (Å²) in [5.74, 6) is -0.338. The smallest absolute Gasteiger partial charge is 0.306 e. The molecule has 0 radical (unpaired) electrons. The van der Waals surface area contributed by atoms with Crippen molar-refractivity contribution < 1.29 is 44.2 Å². The number of unbranched alkanes of at least 4 members (excludes halogenated alkanes) is 12. The summed E-state index contributed by atoms with van der Waals surface area (Å²) in [4.78, 5) is 12.9. The van der Waals surface area contributed by atoms with Crippen LogP contribution in [0.15, 0.2) is 134 Å². The number of ether oxygens (including phenoxy) is 4. The highest BCUT2D eigenvalue weighted by Gasteiger charge is 2.44. The van der Waals surface area contributed by atoms with E-state index in [1.165, 1.54) is 19.3 Å². The number of esters is 1. The van der Waals surface area contributed by atoms with Gasteiger partial charge in [-0.25, -0.2) is 0 Å². The molecule has 0 spiro atoms. The van der Waals surface area contributed by atoms with Gasteiger partial charge in [0.2, 0.25) is 0 Å². The van der Waals surface area contributed by atoms with E-state index in [-0.39, 0.29) is 19.2 Å². The van der Waals surface area contributed by atoms with Crippen LogP contribution in [-0.4, -0.2) is 89.6 Å². The van der Waals surface area contributed by atoms with E-state index in [9.17, 15) is 25.2 Å². The maximum absolute atomic E-state index is 12.9. The van der Waals surface area contributed by atoms with Gasteiger partial charge >= 0.3 is 5.97 Å². The molecule has 1 rings (SSSR count). The van der Waals surface area contributed by atoms with Gasteiger partial charge in [-0.3, -0.25) is 4.79 Å². The lowest BCUT2D eigenvalue weighted by Gasteiger charge is -2.39. The second-order valence-electron chi connectivity index (χ2n) is 17.9. The molecule has 4 N–H and O–H groups in total. The fraction of sp³-hybridized carbons (Fsp3) is 0.623. The Labute approximate surface area is 426 Å². The number of rotatable bonds is 45. The molecule has 6 atom stereocenters. The average molecular weight is 975 g/mol. The van der Waals surface area contributed by atoms with E-state index < -0.39 is 43.4 Å². The third-order valence-electron chi connectivity index (χ3n) is 11.6. The molecule has 1 fully saturated rings. The molecule has 9 heteroatoms. The molecular weight excluding hydrogens is 877 g/mol. The summed E-state index contributed by atoms with van der Waals surface area (Å²) in [5, 5.41) is 40.3. The average Bonchev–Trinajstić information content (AvgIpc) is 3.36. The third kappa shape index (κ3) is 40.0. The van der Waals surface area contributed by atoms with Crippen LogP contribution in [0, 0.1) is 0 Å². The van der Waals surface area contributed by atoms with Crippen molar-refractivity contribution in [1.82, 2.24) is 0 Å². The molecule has 9 nitrogen and oxygen atoms in total. The second-order valence-corrected chi connectivity index (χ2v) is 17.9. The Hall–Kier alpha value is -3.67. The van der Waals surface area contributed by atoms with Crippen LogP contribution in [0.5, 0.6) is 0 Å². The van der Waals surface area contributed by atoms with Gasteiger partial charge in [0.15, 0.2) is 6.29 Å². The van der Waals surface area contributed by atoms with Gasteiger partial charge in [-0.1, -0.05) is 199 Å². The summed E-state index contributed by atoms with van der Waals surface area (Å²) in [6.07, 6.45) is 67.7. The van der Waals surface area contributed by atoms with Crippen molar-refractivity contribution in [3.05, 3.63) is 134 Å². The molecule has 6 unspecified atom stereocenters. The van der Waals surface area contributed by atoms with Crippen LogP contribution < -0.4 is 0 Å². The van der Waals surface area contributed by atoms with E-state index in [2.05, 4.69) is 148 Å². The molecule has 0 bridgehead atoms. The van der Waals surface area contributed by atoms with Crippen LogP contribution in [0.2, 0.25) is 0 Å². The van der Waals surface area contributed by atoms with Gasteiger partial charge in [0.1, 0.15) is 30.5 Å². The van der Waals surface area contributed by atoms with Crippen molar-refractivity contribution in [1.29, 1.82) is 0 Å². The van der Waals surface area contributed by atoms with Gasteiger partial charge in [0, 0.05) is 13.0 Å². The van der Waals surface area contributed by atoms with Crippen molar-refractivity contribution in [2.45, 2.75) is 218 Å². The maximum atomic E-state index is 12.9. The lowest BCUT2D eigenvalue weighted by atomic mass is 9.99. The Bertz CT molecular complexity index is 1530. The van der Waals surface area contributed by atoms with Crippen molar-refractivity contribution in [3.8, 4) is 0 Å². The quantitative estimate of drug-likeness (QED) is 0.0267. The minimum absolute atomic E-state index is 0.117. The molecule has 70 heavy (non-hydrogen) atoms. The van der Waals surface area contributed by atoms with Gasteiger partial charge in [0.25, 0.3) is 0 Å². The largest absolute Gasteiger partial charge is 0.457 e. The molecule has 0 aliphatic carbocycles. The Kier molecular flexibility index (Phi) is 46.2. The van der Waals surface area contributed by atoms with Gasteiger partial charge in [0.05, 0.1) is 19.8 Å². The van der Waals surface area contributed by atoms with Crippen LogP contribution in [-0.2, 0) is 23.7 Å². The zero-order valence-electron chi connectivity index (χ0n) is 43.7. The van der Waals surface area contributed by atoms with Crippen molar-refractivity contribution in [2.24, 2.45) is 0 Å². The number of allylic oxidation sites excluding steroid dienone is 22. The number of hydrogen-bond donors (Lipinski definition) is 4. The minimum Gasteiger partial charge on any atom is -0.457 e. The van der Waals surface area contributed by atoms with Gasteiger partial charge < -0.3 is 39.4 Å². The van der Waals surface area contributed by atoms with E-state index >= 15 is 0 Å². The normalized spacial score (nSPS) is 20.0. The standard InChI is InChI=1S/C61H98O9/c1-3-5-7-9-11-13-15-17-19-21-23-25-27-29-31-33-35-37-39-41-43-45-47-49-51-67-53-55(54-68-61-60(66)59(65)58(64)56(52-62)70-61)69-57(63)50-48-46-44-42-40-38-36-34-32-30-28-26-24-22-20-18-16-14-12-10-8-6-4-2/h5-8,11-14,17-20,23-26,29-32,35,37,55-56,58-62,64-66H,3-4,9-10,15-16,21-22,27-28,33-34,36,38-54H2,1-2H3/b7-5-,8-6-,13-11-,14-12-,19-17-,20-18-,25-23-,26-24-,31-29-,32-30-,37-35-. The minimum atomic E-state index is -1.55. The monoisotopic (exact) mass is 975 g/mol. The van der Waals surface area contributed by atoms with E-state index in [0.717, 1.165) is 141 Å². The third-order valence-corrected chi connectivity index (χ3v) is 11.6. The predicted molar refractivity (Wildman–Crippen MR) is 292 cm³/mol. The van der Waals surface area contributed by atoms with Crippen molar-refractivity contribution in [2.75, 3.05) is 26.4 Å². The highest BCUT2D eigenvalue weighted by atomic mass is 16.7. The van der Waals surface area contributed by atoms with Crippen molar-refractivity contribution in [3.63, 3.8) is 0 Å². The molecule has 1 aliphatic heterocycles.